The van der Waals surface area contributed by atoms with Gasteiger partial charge in [-0.15, -0.1) is 0 Å². The van der Waals surface area contributed by atoms with Gasteiger partial charge in [0, 0.05) is 7.11 Å². The van der Waals surface area contributed by atoms with Gasteiger partial charge in [0.15, 0.2) is 0 Å². The monoisotopic (exact) mass is 187 g/mol. The molecule has 78 valence electrons. The molecule has 0 amide bonds. The molecule has 1 fully saturated rings. The summed E-state index contributed by atoms with van der Waals surface area (Å²) in [7, 11) is 1.69. The highest BCUT2D eigenvalue weighted by molar-refractivity contribution is 4.94. The number of methoxy groups -OCH3 is 1. The van der Waals surface area contributed by atoms with E-state index in [9.17, 15) is 5.11 Å². The number of aliphatic hydroxyl groups excluding tert-OH is 1. The van der Waals surface area contributed by atoms with Gasteiger partial charge in [-0.05, 0) is 25.3 Å². The number of hydrogen-bond acceptors (Lipinski definition) is 3. The van der Waals surface area contributed by atoms with Crippen molar-refractivity contribution in [3.63, 3.8) is 0 Å². The number of rotatable bonds is 4. The van der Waals surface area contributed by atoms with Crippen molar-refractivity contribution in [2.45, 2.75) is 44.3 Å². The lowest BCUT2D eigenvalue weighted by molar-refractivity contribution is -0.116. The average Bonchev–Trinajstić information content (AvgIpc) is 2.65. The van der Waals surface area contributed by atoms with Gasteiger partial charge in [-0.25, -0.2) is 0 Å². The van der Waals surface area contributed by atoms with Crippen LogP contribution in [0.1, 0.15) is 32.6 Å². The van der Waals surface area contributed by atoms with Crippen molar-refractivity contribution in [2.24, 2.45) is 11.7 Å². The maximum Gasteiger partial charge on any atom is 0.0939 e. The van der Waals surface area contributed by atoms with Gasteiger partial charge in [-0.3, -0.25) is 0 Å². The van der Waals surface area contributed by atoms with Crippen LogP contribution in [0.2, 0.25) is 0 Å². The second-order valence-electron chi connectivity index (χ2n) is 4.13. The zero-order valence-electron chi connectivity index (χ0n) is 8.62. The zero-order chi connectivity index (χ0) is 9.90. The summed E-state index contributed by atoms with van der Waals surface area (Å²) in [5.41, 5.74) is 5.23. The van der Waals surface area contributed by atoms with Crippen LogP contribution in [0.15, 0.2) is 0 Å². The van der Waals surface area contributed by atoms with E-state index in [-0.39, 0.29) is 11.5 Å². The third kappa shape index (κ3) is 2.03. The largest absolute Gasteiger partial charge is 0.390 e. The van der Waals surface area contributed by atoms with Crippen molar-refractivity contribution in [3.05, 3.63) is 0 Å². The molecule has 0 spiro atoms. The Morgan fingerprint density at radius 3 is 2.38 bits per heavy atom. The number of nitrogens with two attached hydrogens (primary N) is 1. The summed E-state index contributed by atoms with van der Waals surface area (Å²) >= 11 is 0. The Morgan fingerprint density at radius 1 is 1.46 bits per heavy atom. The second-order valence-corrected chi connectivity index (χ2v) is 4.13. The van der Waals surface area contributed by atoms with E-state index in [1.807, 2.05) is 6.92 Å². The predicted octanol–water partition coefficient (Wildman–Crippen LogP) is 0.901. The first-order chi connectivity index (χ1) is 6.16. The van der Waals surface area contributed by atoms with Gasteiger partial charge >= 0.3 is 0 Å². The Balaban J connectivity index is 2.64. The summed E-state index contributed by atoms with van der Waals surface area (Å²) < 4.78 is 5.48. The van der Waals surface area contributed by atoms with E-state index in [2.05, 4.69) is 0 Å². The summed E-state index contributed by atoms with van der Waals surface area (Å²) in [5, 5.41) is 10.1. The van der Waals surface area contributed by atoms with Crippen LogP contribution in [0.3, 0.4) is 0 Å². The van der Waals surface area contributed by atoms with Crippen LogP contribution in [0.25, 0.3) is 0 Å². The molecule has 0 aliphatic heterocycles. The number of ether oxygens (including phenoxy) is 1. The summed E-state index contributed by atoms with van der Waals surface area (Å²) in [5.74, 6) is 0.123. The standard InChI is InChI=1S/C10H21NO2/c1-8(7-11)9(12)10(13-2)5-3-4-6-10/h8-9,12H,3-7,11H2,1-2H3. The minimum Gasteiger partial charge on any atom is -0.390 e. The highest BCUT2D eigenvalue weighted by Crippen LogP contribution is 2.37. The summed E-state index contributed by atoms with van der Waals surface area (Å²) in [4.78, 5) is 0. The Morgan fingerprint density at radius 2 is 2.00 bits per heavy atom. The summed E-state index contributed by atoms with van der Waals surface area (Å²) in [6.07, 6.45) is 3.83. The van der Waals surface area contributed by atoms with Gasteiger partial charge in [-0.2, -0.15) is 0 Å². The van der Waals surface area contributed by atoms with Crippen LogP contribution in [0.4, 0.5) is 0 Å². The quantitative estimate of drug-likeness (QED) is 0.687. The van der Waals surface area contributed by atoms with Crippen molar-refractivity contribution < 1.29 is 9.84 Å². The van der Waals surface area contributed by atoms with Gasteiger partial charge in [0.05, 0.1) is 11.7 Å². The van der Waals surface area contributed by atoms with E-state index in [0.717, 1.165) is 25.7 Å². The molecular formula is C10H21NO2. The van der Waals surface area contributed by atoms with Crippen molar-refractivity contribution >= 4 is 0 Å². The first-order valence-electron chi connectivity index (χ1n) is 5.09. The molecule has 3 heteroatoms. The van der Waals surface area contributed by atoms with Crippen molar-refractivity contribution in [1.82, 2.24) is 0 Å². The Bertz CT molecular complexity index is 155. The van der Waals surface area contributed by atoms with Crippen molar-refractivity contribution in [1.29, 1.82) is 0 Å². The van der Waals surface area contributed by atoms with Crippen molar-refractivity contribution in [2.75, 3.05) is 13.7 Å². The van der Waals surface area contributed by atoms with Gasteiger partial charge in [-0.1, -0.05) is 19.8 Å². The van der Waals surface area contributed by atoms with E-state index in [1.54, 1.807) is 7.11 Å². The van der Waals surface area contributed by atoms with Gasteiger partial charge in [0.25, 0.3) is 0 Å². The van der Waals surface area contributed by atoms with E-state index >= 15 is 0 Å². The lowest BCUT2D eigenvalue weighted by Gasteiger charge is -2.35. The molecule has 3 N–H and O–H groups in total. The lowest BCUT2D eigenvalue weighted by Crippen LogP contribution is -2.47. The van der Waals surface area contributed by atoms with Crippen LogP contribution in [-0.2, 0) is 4.74 Å². The zero-order valence-corrected chi connectivity index (χ0v) is 8.62. The molecule has 1 aliphatic carbocycles. The summed E-state index contributed by atoms with van der Waals surface area (Å²) in [6.45, 7) is 2.50. The molecule has 1 saturated carbocycles. The van der Waals surface area contributed by atoms with Gasteiger partial charge < -0.3 is 15.6 Å². The van der Waals surface area contributed by atoms with Crippen LogP contribution in [-0.4, -0.2) is 30.5 Å². The maximum atomic E-state index is 10.1. The molecule has 0 aromatic carbocycles. The first kappa shape index (κ1) is 11.0. The minimum atomic E-state index is -0.412. The smallest absolute Gasteiger partial charge is 0.0939 e. The highest BCUT2D eigenvalue weighted by Gasteiger charge is 2.42. The van der Waals surface area contributed by atoms with Crippen LogP contribution >= 0.6 is 0 Å². The fraction of sp³-hybridized carbons (Fsp3) is 1.00. The number of hydrogen-bond donors (Lipinski definition) is 2. The molecule has 2 atom stereocenters. The third-order valence-electron chi connectivity index (χ3n) is 3.31. The molecule has 0 bridgehead atoms. The highest BCUT2D eigenvalue weighted by atomic mass is 16.5. The Hall–Kier alpha value is -0.120. The van der Waals surface area contributed by atoms with Crippen molar-refractivity contribution in [3.8, 4) is 0 Å². The van der Waals surface area contributed by atoms with Gasteiger partial charge in [0.1, 0.15) is 0 Å². The number of aliphatic hydroxyl groups is 1. The normalized spacial score (nSPS) is 25.8. The molecule has 2 unspecified atom stereocenters. The minimum absolute atomic E-state index is 0.123. The second kappa shape index (κ2) is 4.40. The Labute approximate surface area is 80.3 Å². The molecule has 13 heavy (non-hydrogen) atoms. The van der Waals surface area contributed by atoms with E-state index in [1.165, 1.54) is 0 Å². The molecule has 0 heterocycles. The van der Waals surface area contributed by atoms with Crippen LogP contribution < -0.4 is 5.73 Å². The molecule has 0 aromatic heterocycles. The average molecular weight is 187 g/mol. The molecular weight excluding hydrogens is 166 g/mol. The van der Waals surface area contributed by atoms with Crippen LogP contribution in [0, 0.1) is 5.92 Å². The molecule has 3 nitrogen and oxygen atoms in total. The third-order valence-corrected chi connectivity index (χ3v) is 3.31. The molecule has 1 aliphatic rings. The fourth-order valence-electron chi connectivity index (χ4n) is 2.24. The van der Waals surface area contributed by atoms with E-state index in [0.29, 0.717) is 6.54 Å². The SMILES string of the molecule is COC1(C(O)C(C)CN)CCCC1. The fourth-order valence-corrected chi connectivity index (χ4v) is 2.24. The predicted molar refractivity (Wildman–Crippen MR) is 52.4 cm³/mol. The lowest BCUT2D eigenvalue weighted by atomic mass is 9.86. The van der Waals surface area contributed by atoms with E-state index < -0.39 is 6.10 Å². The summed E-state index contributed by atoms with van der Waals surface area (Å²) in [6, 6.07) is 0. The first-order valence-corrected chi connectivity index (χ1v) is 5.09. The molecule has 0 saturated heterocycles. The molecule has 1 rings (SSSR count). The Kier molecular flexibility index (Phi) is 3.71. The maximum absolute atomic E-state index is 10.1. The van der Waals surface area contributed by atoms with Crippen LogP contribution in [0.5, 0.6) is 0 Å². The molecule has 0 aromatic rings. The molecule has 0 radical (unpaired) electrons. The topological polar surface area (TPSA) is 55.5 Å². The van der Waals surface area contributed by atoms with Gasteiger partial charge in [0.2, 0.25) is 0 Å². The van der Waals surface area contributed by atoms with E-state index in [4.69, 9.17) is 10.5 Å².